The van der Waals surface area contributed by atoms with Crippen molar-refractivity contribution in [3.05, 3.63) is 71.8 Å². The van der Waals surface area contributed by atoms with Crippen molar-refractivity contribution in [1.82, 2.24) is 0 Å². The summed E-state index contributed by atoms with van der Waals surface area (Å²) in [6.45, 7) is 4.78. The highest BCUT2D eigenvalue weighted by Gasteiger charge is 2.16. The molecular formula is C19H18O5S. The number of Topliss-reactive ketones (excluding diaryl/α,β-unsaturated/α-hetero) is 1. The first-order valence-corrected chi connectivity index (χ1v) is 9.22. The van der Waals surface area contributed by atoms with Gasteiger partial charge in [0.25, 0.3) is 0 Å². The second-order valence-electron chi connectivity index (χ2n) is 5.36. The maximum Gasteiger partial charge on any atom is 0.338 e. The third-order valence-corrected chi connectivity index (χ3v) is 5.28. The first kappa shape index (κ1) is 18.6. The molecule has 6 heteroatoms. The summed E-state index contributed by atoms with van der Waals surface area (Å²) in [5.41, 5.74) is 1.65. The van der Waals surface area contributed by atoms with Crippen LogP contribution in [0.2, 0.25) is 0 Å². The molecule has 0 saturated carbocycles. The number of esters is 1. The summed E-state index contributed by atoms with van der Waals surface area (Å²) >= 11 is 0. The smallest absolute Gasteiger partial charge is 0.338 e. The largest absolute Gasteiger partial charge is 0.461 e. The zero-order valence-corrected chi connectivity index (χ0v) is 14.6. The quantitative estimate of drug-likeness (QED) is 0.561. The molecule has 25 heavy (non-hydrogen) atoms. The van der Waals surface area contributed by atoms with Crippen LogP contribution >= 0.6 is 0 Å². The predicted molar refractivity (Wildman–Crippen MR) is 95.3 cm³/mol. The Labute approximate surface area is 146 Å². The number of hydrogen-bond donors (Lipinski definition) is 0. The summed E-state index contributed by atoms with van der Waals surface area (Å²) in [7, 11) is -3.59. The highest BCUT2D eigenvalue weighted by molar-refractivity contribution is 7.91. The van der Waals surface area contributed by atoms with Gasteiger partial charge in [-0.1, -0.05) is 36.9 Å². The Morgan fingerprint density at radius 2 is 1.56 bits per heavy atom. The highest BCUT2D eigenvalue weighted by Crippen LogP contribution is 2.13. The van der Waals surface area contributed by atoms with Gasteiger partial charge in [0.15, 0.2) is 15.6 Å². The second kappa shape index (κ2) is 7.90. The van der Waals surface area contributed by atoms with Crippen LogP contribution in [-0.2, 0) is 14.6 Å². The zero-order valence-electron chi connectivity index (χ0n) is 13.8. The lowest BCUT2D eigenvalue weighted by molar-refractivity contribution is 0.0529. The molecule has 0 N–H and O–H groups in total. The van der Waals surface area contributed by atoms with Gasteiger partial charge in [-0.2, -0.15) is 0 Å². The maximum atomic E-state index is 12.2. The van der Waals surface area contributed by atoms with Crippen LogP contribution in [0.5, 0.6) is 0 Å². The van der Waals surface area contributed by atoms with Crippen LogP contribution in [0.25, 0.3) is 6.08 Å². The molecule has 5 nitrogen and oxygen atoms in total. The van der Waals surface area contributed by atoms with E-state index in [0.717, 1.165) is 5.56 Å². The number of sulfone groups is 1. The molecule has 2 aromatic rings. The van der Waals surface area contributed by atoms with E-state index in [2.05, 4.69) is 6.58 Å². The fraction of sp³-hybridized carbons (Fsp3) is 0.158. The summed E-state index contributed by atoms with van der Waals surface area (Å²) in [6, 6.07) is 12.3. The summed E-state index contributed by atoms with van der Waals surface area (Å²) in [5.74, 6) is -1.05. The van der Waals surface area contributed by atoms with Crippen LogP contribution in [0.4, 0.5) is 0 Å². The van der Waals surface area contributed by atoms with E-state index in [1.807, 2.05) is 0 Å². The Balaban J connectivity index is 1.95. The molecule has 0 atom stereocenters. The average molecular weight is 358 g/mol. The molecule has 0 aromatic heterocycles. The fourth-order valence-electron chi connectivity index (χ4n) is 2.10. The Hall–Kier alpha value is -2.73. The van der Waals surface area contributed by atoms with E-state index in [1.165, 1.54) is 31.2 Å². The maximum absolute atomic E-state index is 12.2. The third-order valence-electron chi connectivity index (χ3n) is 3.59. The molecule has 0 unspecified atom stereocenters. The highest BCUT2D eigenvalue weighted by atomic mass is 32.2. The van der Waals surface area contributed by atoms with Crippen LogP contribution in [0.3, 0.4) is 0 Å². The fourth-order valence-corrected chi connectivity index (χ4v) is 3.19. The van der Waals surface area contributed by atoms with Gasteiger partial charge in [0.05, 0.1) is 16.2 Å². The lowest BCUT2D eigenvalue weighted by Crippen LogP contribution is -2.16. The van der Waals surface area contributed by atoms with Gasteiger partial charge in [-0.3, -0.25) is 4.79 Å². The standard InChI is InChI=1S/C19H18O5S/c1-3-15-4-6-17(7-5-15)19(21)24-12-13-25(22,23)18-10-8-16(9-11-18)14(2)20/h3-11H,1,12-13H2,2H3. The first-order valence-electron chi connectivity index (χ1n) is 7.57. The van der Waals surface area contributed by atoms with Crippen molar-refractivity contribution in [3.8, 4) is 0 Å². The molecule has 0 amide bonds. The number of ether oxygens (including phenoxy) is 1. The Kier molecular flexibility index (Phi) is 5.88. The Bertz CT molecular complexity index is 878. The molecule has 0 aliphatic heterocycles. The van der Waals surface area contributed by atoms with Gasteiger partial charge >= 0.3 is 5.97 Å². The molecule has 0 aliphatic rings. The van der Waals surface area contributed by atoms with Gasteiger partial charge in [0, 0.05) is 5.56 Å². The number of rotatable bonds is 7. The molecule has 0 heterocycles. The van der Waals surface area contributed by atoms with Gasteiger partial charge in [0.2, 0.25) is 0 Å². The molecule has 0 bridgehead atoms. The van der Waals surface area contributed by atoms with Gasteiger partial charge < -0.3 is 4.74 Å². The van der Waals surface area contributed by atoms with Gasteiger partial charge in [0.1, 0.15) is 6.61 Å². The molecule has 0 spiro atoms. The molecular weight excluding hydrogens is 340 g/mol. The van der Waals surface area contributed by atoms with E-state index in [1.54, 1.807) is 30.3 Å². The van der Waals surface area contributed by atoms with Crippen LogP contribution in [0, 0.1) is 0 Å². The van der Waals surface area contributed by atoms with Crippen molar-refractivity contribution >= 4 is 27.7 Å². The summed E-state index contributed by atoms with van der Waals surface area (Å²) in [5, 5.41) is 0. The van der Waals surface area contributed by atoms with Crippen molar-refractivity contribution in [2.45, 2.75) is 11.8 Å². The van der Waals surface area contributed by atoms with Crippen molar-refractivity contribution in [2.24, 2.45) is 0 Å². The molecule has 130 valence electrons. The van der Waals surface area contributed by atoms with E-state index in [-0.39, 0.29) is 23.0 Å². The van der Waals surface area contributed by atoms with Gasteiger partial charge in [-0.15, -0.1) is 0 Å². The van der Waals surface area contributed by atoms with E-state index in [4.69, 9.17) is 4.74 Å². The minimum absolute atomic E-state index is 0.0869. The van der Waals surface area contributed by atoms with Crippen molar-refractivity contribution < 1.29 is 22.7 Å². The number of carbonyl (C=O) groups is 2. The van der Waals surface area contributed by atoms with Gasteiger partial charge in [-0.25, -0.2) is 13.2 Å². The summed E-state index contributed by atoms with van der Waals surface area (Å²) in [4.78, 5) is 23.2. The molecule has 0 aliphatic carbocycles. The third kappa shape index (κ3) is 4.87. The number of carbonyl (C=O) groups excluding carboxylic acids is 2. The number of benzene rings is 2. The summed E-state index contributed by atoms with van der Waals surface area (Å²) < 4.78 is 29.5. The van der Waals surface area contributed by atoms with E-state index >= 15 is 0 Å². The predicted octanol–water partition coefficient (Wildman–Crippen LogP) is 3.16. The number of hydrogen-bond acceptors (Lipinski definition) is 5. The molecule has 2 aromatic carbocycles. The monoisotopic (exact) mass is 358 g/mol. The molecule has 2 rings (SSSR count). The minimum atomic E-state index is -3.59. The number of ketones is 1. The van der Waals surface area contributed by atoms with Crippen LogP contribution in [0.15, 0.2) is 60.0 Å². The minimum Gasteiger partial charge on any atom is -0.461 e. The topological polar surface area (TPSA) is 77.5 Å². The van der Waals surface area contributed by atoms with Crippen LogP contribution in [0.1, 0.15) is 33.2 Å². The van der Waals surface area contributed by atoms with E-state index < -0.39 is 15.8 Å². The van der Waals surface area contributed by atoms with E-state index in [0.29, 0.717) is 11.1 Å². The molecule has 0 fully saturated rings. The average Bonchev–Trinajstić information content (AvgIpc) is 2.61. The SMILES string of the molecule is C=Cc1ccc(C(=O)OCCS(=O)(=O)c2ccc(C(C)=O)cc2)cc1. The van der Waals surface area contributed by atoms with Gasteiger partial charge in [-0.05, 0) is 36.8 Å². The Morgan fingerprint density at radius 1 is 1.00 bits per heavy atom. The first-order chi connectivity index (χ1) is 11.8. The van der Waals surface area contributed by atoms with Crippen molar-refractivity contribution in [1.29, 1.82) is 0 Å². The Morgan fingerprint density at radius 3 is 2.08 bits per heavy atom. The second-order valence-corrected chi connectivity index (χ2v) is 7.47. The van der Waals surface area contributed by atoms with Crippen molar-refractivity contribution in [2.75, 3.05) is 12.4 Å². The normalized spacial score (nSPS) is 10.9. The van der Waals surface area contributed by atoms with Crippen LogP contribution < -0.4 is 0 Å². The zero-order chi connectivity index (χ0) is 18.4. The summed E-state index contributed by atoms with van der Waals surface area (Å²) in [6.07, 6.45) is 1.65. The molecule has 0 saturated heterocycles. The molecule has 0 radical (unpaired) electrons. The lowest BCUT2D eigenvalue weighted by atomic mass is 10.1. The van der Waals surface area contributed by atoms with Crippen LogP contribution in [-0.4, -0.2) is 32.5 Å². The lowest BCUT2D eigenvalue weighted by Gasteiger charge is -2.07. The van der Waals surface area contributed by atoms with E-state index in [9.17, 15) is 18.0 Å². The van der Waals surface area contributed by atoms with Crippen molar-refractivity contribution in [3.63, 3.8) is 0 Å².